The summed E-state index contributed by atoms with van der Waals surface area (Å²) in [6.07, 6.45) is 2.27. The molecule has 5 nitrogen and oxygen atoms in total. The molecule has 0 spiro atoms. The van der Waals surface area contributed by atoms with Gasteiger partial charge in [0.15, 0.2) is 5.96 Å². The van der Waals surface area contributed by atoms with Crippen LogP contribution in [0.1, 0.15) is 42.6 Å². The van der Waals surface area contributed by atoms with Crippen molar-refractivity contribution in [3.05, 3.63) is 34.9 Å². The Morgan fingerprint density at radius 3 is 2.85 bits per heavy atom. The first-order valence-corrected chi connectivity index (χ1v) is 9.37. The molecule has 1 N–H and O–H groups in total. The maximum absolute atomic E-state index is 6.04. The number of rotatable bonds is 7. The number of morpholine rings is 1. The number of ether oxygens (including phenoxy) is 2. The van der Waals surface area contributed by atoms with Crippen LogP contribution in [0.15, 0.2) is 23.2 Å². The predicted molar refractivity (Wildman–Crippen MR) is 119 cm³/mol. The molecule has 0 bridgehead atoms. The molecule has 6 heteroatoms. The molecule has 1 heterocycles. The van der Waals surface area contributed by atoms with Crippen molar-refractivity contribution in [2.24, 2.45) is 4.99 Å². The molecule has 0 radical (unpaired) electrons. The van der Waals surface area contributed by atoms with Gasteiger partial charge in [0.05, 0.1) is 13.2 Å². The lowest BCUT2D eigenvalue weighted by molar-refractivity contribution is -0.00831. The molecule has 1 aromatic rings. The molecule has 1 fully saturated rings. The topological polar surface area (TPSA) is 46.1 Å². The van der Waals surface area contributed by atoms with E-state index in [0.717, 1.165) is 58.3 Å². The van der Waals surface area contributed by atoms with Gasteiger partial charge in [-0.15, -0.1) is 24.0 Å². The Hall–Kier alpha value is -0.860. The number of guanidine groups is 1. The van der Waals surface area contributed by atoms with Crippen molar-refractivity contribution in [2.45, 2.75) is 39.7 Å². The molecule has 0 saturated carbocycles. The first-order valence-electron chi connectivity index (χ1n) is 9.37. The van der Waals surface area contributed by atoms with Crippen LogP contribution in [-0.2, 0) is 9.47 Å². The second-order valence-electron chi connectivity index (χ2n) is 6.54. The Morgan fingerprint density at radius 2 is 2.15 bits per heavy atom. The highest BCUT2D eigenvalue weighted by atomic mass is 127. The predicted octanol–water partition coefficient (Wildman–Crippen LogP) is 3.69. The largest absolute Gasteiger partial charge is 0.382 e. The smallest absolute Gasteiger partial charge is 0.193 e. The second kappa shape index (κ2) is 12.5. The molecule has 0 aromatic heterocycles. The number of unbranched alkanes of at least 4 members (excludes halogenated alkanes) is 1. The number of aryl methyl sites for hydroxylation is 2. The van der Waals surface area contributed by atoms with E-state index < -0.39 is 0 Å². The van der Waals surface area contributed by atoms with Crippen molar-refractivity contribution >= 4 is 29.9 Å². The van der Waals surface area contributed by atoms with Crippen molar-refractivity contribution in [3.8, 4) is 0 Å². The van der Waals surface area contributed by atoms with E-state index in [1.807, 2.05) is 14.0 Å². The molecule has 1 unspecified atom stereocenters. The Kier molecular flexibility index (Phi) is 11.2. The van der Waals surface area contributed by atoms with E-state index in [1.54, 1.807) is 0 Å². The fraction of sp³-hybridized carbons (Fsp3) is 0.650. The molecule has 1 aromatic carbocycles. The van der Waals surface area contributed by atoms with E-state index in [1.165, 1.54) is 16.7 Å². The van der Waals surface area contributed by atoms with Crippen molar-refractivity contribution in [3.63, 3.8) is 0 Å². The van der Waals surface area contributed by atoms with Gasteiger partial charge < -0.3 is 19.7 Å². The van der Waals surface area contributed by atoms with Crippen LogP contribution in [0.25, 0.3) is 0 Å². The Morgan fingerprint density at radius 1 is 1.35 bits per heavy atom. The summed E-state index contributed by atoms with van der Waals surface area (Å²) < 4.78 is 11.4. The van der Waals surface area contributed by atoms with Crippen LogP contribution in [0.2, 0.25) is 0 Å². The van der Waals surface area contributed by atoms with Crippen molar-refractivity contribution < 1.29 is 9.47 Å². The highest BCUT2D eigenvalue weighted by molar-refractivity contribution is 14.0. The lowest BCUT2D eigenvalue weighted by atomic mass is 10.00. The van der Waals surface area contributed by atoms with Gasteiger partial charge in [-0.2, -0.15) is 0 Å². The standard InChI is InChI=1S/C20H33N3O2.HI/c1-5-24-12-7-6-10-22-20(21-4)23-11-13-25-19(15-23)18-9-8-16(2)14-17(18)3;/h8-9,14,19H,5-7,10-13,15H2,1-4H3,(H,21,22);1H. The summed E-state index contributed by atoms with van der Waals surface area (Å²) in [5.74, 6) is 0.967. The summed E-state index contributed by atoms with van der Waals surface area (Å²) in [5.41, 5.74) is 3.87. The van der Waals surface area contributed by atoms with E-state index in [0.29, 0.717) is 0 Å². The lowest BCUT2D eigenvalue weighted by Crippen LogP contribution is -2.48. The van der Waals surface area contributed by atoms with Crippen molar-refractivity contribution in [1.29, 1.82) is 0 Å². The molecule has 26 heavy (non-hydrogen) atoms. The fourth-order valence-corrected chi connectivity index (χ4v) is 3.22. The minimum absolute atomic E-state index is 0. The normalized spacial score (nSPS) is 17.8. The summed E-state index contributed by atoms with van der Waals surface area (Å²) in [5, 5.41) is 3.48. The monoisotopic (exact) mass is 475 g/mol. The highest BCUT2D eigenvalue weighted by Crippen LogP contribution is 2.25. The maximum atomic E-state index is 6.04. The van der Waals surface area contributed by atoms with E-state index in [4.69, 9.17) is 9.47 Å². The molecule has 0 aliphatic carbocycles. The van der Waals surface area contributed by atoms with Crippen LogP contribution in [0.4, 0.5) is 0 Å². The van der Waals surface area contributed by atoms with E-state index in [2.05, 4.69) is 47.3 Å². The van der Waals surface area contributed by atoms with Crippen LogP contribution in [0, 0.1) is 13.8 Å². The van der Waals surface area contributed by atoms with Gasteiger partial charge >= 0.3 is 0 Å². The van der Waals surface area contributed by atoms with Crippen LogP contribution in [-0.4, -0.2) is 57.4 Å². The molecular weight excluding hydrogens is 441 g/mol. The van der Waals surface area contributed by atoms with Gasteiger partial charge in [0.2, 0.25) is 0 Å². The number of nitrogens with one attached hydrogen (secondary N) is 1. The number of nitrogens with zero attached hydrogens (tertiary/aromatic N) is 2. The van der Waals surface area contributed by atoms with E-state index in [9.17, 15) is 0 Å². The minimum Gasteiger partial charge on any atom is -0.382 e. The molecule has 1 aliphatic rings. The third-order valence-corrected chi connectivity index (χ3v) is 4.55. The molecule has 1 aliphatic heterocycles. The zero-order valence-electron chi connectivity index (χ0n) is 16.6. The average molecular weight is 475 g/mol. The number of hydrogen-bond donors (Lipinski definition) is 1. The van der Waals surface area contributed by atoms with Gasteiger partial charge in [0.25, 0.3) is 0 Å². The first-order chi connectivity index (χ1) is 12.2. The Labute approximate surface area is 175 Å². The van der Waals surface area contributed by atoms with E-state index >= 15 is 0 Å². The summed E-state index contributed by atoms with van der Waals surface area (Å²) >= 11 is 0. The zero-order valence-corrected chi connectivity index (χ0v) is 18.9. The highest BCUT2D eigenvalue weighted by Gasteiger charge is 2.25. The zero-order chi connectivity index (χ0) is 18.1. The number of aliphatic imine (C=N–C) groups is 1. The molecule has 1 atom stereocenters. The number of hydrogen-bond acceptors (Lipinski definition) is 3. The van der Waals surface area contributed by atoms with Gasteiger partial charge in [-0.3, -0.25) is 4.99 Å². The SMILES string of the molecule is CCOCCCCNC(=NC)N1CCOC(c2ccc(C)cc2C)C1.I. The molecular formula is C20H34IN3O2. The third kappa shape index (κ3) is 7.04. The van der Waals surface area contributed by atoms with Crippen molar-refractivity contribution in [2.75, 3.05) is 46.5 Å². The van der Waals surface area contributed by atoms with Crippen LogP contribution < -0.4 is 5.32 Å². The maximum Gasteiger partial charge on any atom is 0.193 e. The minimum atomic E-state index is 0. The fourth-order valence-electron chi connectivity index (χ4n) is 3.22. The van der Waals surface area contributed by atoms with Crippen LogP contribution in [0.3, 0.4) is 0 Å². The Bertz CT molecular complexity index is 566. The second-order valence-corrected chi connectivity index (χ2v) is 6.54. The van der Waals surface area contributed by atoms with Gasteiger partial charge in [-0.1, -0.05) is 23.8 Å². The molecule has 2 rings (SSSR count). The van der Waals surface area contributed by atoms with Gasteiger partial charge in [0.1, 0.15) is 6.10 Å². The lowest BCUT2D eigenvalue weighted by Gasteiger charge is -2.35. The van der Waals surface area contributed by atoms with Crippen LogP contribution in [0.5, 0.6) is 0 Å². The quantitative estimate of drug-likeness (QED) is 0.283. The summed E-state index contributed by atoms with van der Waals surface area (Å²) in [6.45, 7) is 11.3. The summed E-state index contributed by atoms with van der Waals surface area (Å²) in [4.78, 5) is 6.76. The average Bonchev–Trinajstić information content (AvgIpc) is 2.61. The molecule has 1 saturated heterocycles. The number of benzene rings is 1. The first kappa shape index (κ1) is 23.2. The molecule has 0 amide bonds. The van der Waals surface area contributed by atoms with E-state index in [-0.39, 0.29) is 30.1 Å². The van der Waals surface area contributed by atoms with Gasteiger partial charge in [-0.25, -0.2) is 0 Å². The summed E-state index contributed by atoms with van der Waals surface area (Å²) in [7, 11) is 1.85. The Balaban J connectivity index is 0.00000338. The van der Waals surface area contributed by atoms with Gasteiger partial charge in [0, 0.05) is 33.4 Å². The summed E-state index contributed by atoms with van der Waals surface area (Å²) in [6, 6.07) is 6.59. The van der Waals surface area contributed by atoms with Crippen molar-refractivity contribution in [1.82, 2.24) is 10.2 Å². The van der Waals surface area contributed by atoms with Gasteiger partial charge in [-0.05, 0) is 44.7 Å². The molecule has 148 valence electrons. The van der Waals surface area contributed by atoms with Crippen LogP contribution >= 0.6 is 24.0 Å². The third-order valence-electron chi connectivity index (χ3n) is 4.55. The number of halogens is 1.